The Morgan fingerprint density at radius 2 is 1.91 bits per heavy atom. The summed E-state index contributed by atoms with van der Waals surface area (Å²) in [5, 5.41) is 9.62. The van der Waals surface area contributed by atoms with Gasteiger partial charge in [0, 0.05) is 18.6 Å². The van der Waals surface area contributed by atoms with Crippen LogP contribution >= 0.6 is 0 Å². The number of halogens is 3. The number of aromatic carboxylic acids is 1. The second-order valence-electron chi connectivity index (χ2n) is 10.1. The molecule has 1 aromatic carbocycles. The van der Waals surface area contributed by atoms with Crippen LogP contribution in [0.4, 0.5) is 13.2 Å². The van der Waals surface area contributed by atoms with Gasteiger partial charge in [-0.1, -0.05) is 13.3 Å². The Bertz CT molecular complexity index is 957. The molecular weight excluding hydrogens is 421 g/mol. The number of piperidine rings is 1. The predicted molar refractivity (Wildman–Crippen MR) is 111 cm³/mol. The minimum Gasteiger partial charge on any atom is -0.478 e. The van der Waals surface area contributed by atoms with Crippen LogP contribution in [0.25, 0.3) is 0 Å². The number of carbonyl (C=O) groups is 2. The van der Waals surface area contributed by atoms with Gasteiger partial charge < -0.3 is 14.9 Å². The van der Waals surface area contributed by atoms with Crippen LogP contribution in [0.5, 0.6) is 0 Å². The molecule has 32 heavy (non-hydrogen) atoms. The van der Waals surface area contributed by atoms with Gasteiger partial charge in [0.05, 0.1) is 16.5 Å². The number of carbonyl (C=O) groups excluding carboxylic acids is 1. The molecule has 1 amide bonds. The molecule has 0 bridgehead atoms. The Kier molecular flexibility index (Phi) is 5.07. The Hall–Kier alpha value is -2.09. The van der Waals surface area contributed by atoms with Crippen molar-refractivity contribution >= 4 is 11.9 Å². The zero-order chi connectivity index (χ0) is 22.8. The van der Waals surface area contributed by atoms with E-state index in [1.54, 1.807) is 4.90 Å². The molecule has 3 heterocycles. The summed E-state index contributed by atoms with van der Waals surface area (Å²) in [6.07, 6.45) is 1.89. The molecule has 174 valence electrons. The first-order valence-corrected chi connectivity index (χ1v) is 11.6. The van der Waals surface area contributed by atoms with E-state index in [0.717, 1.165) is 44.5 Å². The molecule has 4 atom stereocenters. The number of hydrogen-bond donors (Lipinski definition) is 1. The van der Waals surface area contributed by atoms with Gasteiger partial charge in [-0.05, 0) is 80.8 Å². The lowest BCUT2D eigenvalue weighted by Gasteiger charge is -2.35. The van der Waals surface area contributed by atoms with Crippen molar-refractivity contribution in [2.45, 2.75) is 76.7 Å². The molecular formula is C24H29F3N2O3. The SMILES string of the molecule is CC1C2Cc3c(cc(C(F)(F)F)cc3C(=O)O)CN2C(=O)[C@]12CC[C@@H](N1CCCCC1)C2. The second kappa shape index (κ2) is 7.47. The summed E-state index contributed by atoms with van der Waals surface area (Å²) >= 11 is 0. The summed E-state index contributed by atoms with van der Waals surface area (Å²) in [6, 6.07) is 2.00. The standard InChI is InChI=1S/C24H29F3N2O3/c1-14-20-11-18-15(9-16(24(25,26)27)10-19(18)21(30)31)13-29(20)22(32)23(14)6-5-17(12-23)28-7-3-2-4-8-28/h9-10,14,17,20H,2-8,11-13H2,1H3,(H,30,31)/t14?,17-,20?,23+/m1/s1. The zero-order valence-electron chi connectivity index (χ0n) is 18.2. The third kappa shape index (κ3) is 3.25. The van der Waals surface area contributed by atoms with Gasteiger partial charge in [-0.25, -0.2) is 4.79 Å². The molecule has 0 radical (unpaired) electrons. The second-order valence-corrected chi connectivity index (χ2v) is 10.1. The maximum atomic E-state index is 13.7. The number of hydrogen-bond acceptors (Lipinski definition) is 3. The molecule has 1 aromatic rings. The number of fused-ring (bicyclic) bond motifs is 2. The number of amides is 1. The van der Waals surface area contributed by atoms with Crippen LogP contribution in [0.3, 0.4) is 0 Å². The number of alkyl halides is 3. The normalized spacial score (nSPS) is 32.9. The van der Waals surface area contributed by atoms with Gasteiger partial charge in [-0.2, -0.15) is 13.2 Å². The van der Waals surface area contributed by atoms with Crippen molar-refractivity contribution in [3.05, 3.63) is 34.4 Å². The predicted octanol–water partition coefficient (Wildman–Crippen LogP) is 4.33. The number of benzene rings is 1. The molecule has 0 aromatic heterocycles. The van der Waals surface area contributed by atoms with Gasteiger partial charge in [0.2, 0.25) is 5.91 Å². The van der Waals surface area contributed by atoms with Crippen LogP contribution in [-0.4, -0.2) is 52.0 Å². The fraction of sp³-hybridized carbons (Fsp3) is 0.667. The van der Waals surface area contributed by atoms with Gasteiger partial charge >= 0.3 is 12.1 Å². The number of likely N-dealkylation sites (tertiary alicyclic amines) is 1. The highest BCUT2D eigenvalue weighted by atomic mass is 19.4. The highest BCUT2D eigenvalue weighted by molar-refractivity contribution is 5.91. The maximum absolute atomic E-state index is 13.7. The molecule has 1 N–H and O–H groups in total. The summed E-state index contributed by atoms with van der Waals surface area (Å²) in [4.78, 5) is 29.7. The smallest absolute Gasteiger partial charge is 0.416 e. The topological polar surface area (TPSA) is 60.9 Å². The van der Waals surface area contributed by atoms with Crippen molar-refractivity contribution in [2.75, 3.05) is 13.1 Å². The van der Waals surface area contributed by atoms with E-state index in [4.69, 9.17) is 0 Å². The largest absolute Gasteiger partial charge is 0.478 e. The van der Waals surface area contributed by atoms with Crippen LogP contribution in [0.1, 0.15) is 72.5 Å². The van der Waals surface area contributed by atoms with Crippen molar-refractivity contribution in [3.8, 4) is 0 Å². The average Bonchev–Trinajstić information content (AvgIpc) is 3.29. The van der Waals surface area contributed by atoms with Gasteiger partial charge in [0.25, 0.3) is 0 Å². The minimum absolute atomic E-state index is 0.0434. The molecule has 1 aliphatic carbocycles. The fourth-order valence-electron chi connectivity index (χ4n) is 6.86. The average molecular weight is 451 g/mol. The van der Waals surface area contributed by atoms with Crippen LogP contribution < -0.4 is 0 Å². The maximum Gasteiger partial charge on any atom is 0.416 e. The Morgan fingerprint density at radius 3 is 2.56 bits per heavy atom. The Balaban J connectivity index is 1.46. The highest BCUT2D eigenvalue weighted by Gasteiger charge is 2.61. The van der Waals surface area contributed by atoms with Crippen LogP contribution in [-0.2, 0) is 23.9 Å². The molecule has 5 rings (SSSR count). The molecule has 4 aliphatic rings. The van der Waals surface area contributed by atoms with Crippen molar-refractivity contribution < 1.29 is 27.9 Å². The number of carboxylic acids is 1. The lowest BCUT2D eigenvalue weighted by Crippen LogP contribution is -2.41. The van der Waals surface area contributed by atoms with Crippen molar-refractivity contribution in [1.29, 1.82) is 0 Å². The minimum atomic E-state index is -4.63. The molecule has 5 nitrogen and oxygen atoms in total. The molecule has 2 saturated heterocycles. The quantitative estimate of drug-likeness (QED) is 0.729. The van der Waals surface area contributed by atoms with E-state index in [1.807, 2.05) is 0 Å². The molecule has 3 fully saturated rings. The summed E-state index contributed by atoms with van der Waals surface area (Å²) < 4.78 is 40.2. The first-order chi connectivity index (χ1) is 15.1. The third-order valence-corrected chi connectivity index (χ3v) is 8.62. The van der Waals surface area contributed by atoms with E-state index in [1.165, 1.54) is 19.3 Å². The lowest BCUT2D eigenvalue weighted by molar-refractivity contribution is -0.138. The van der Waals surface area contributed by atoms with Crippen LogP contribution in [0.2, 0.25) is 0 Å². The highest BCUT2D eigenvalue weighted by Crippen LogP contribution is 2.55. The van der Waals surface area contributed by atoms with Crippen molar-refractivity contribution in [3.63, 3.8) is 0 Å². The van der Waals surface area contributed by atoms with Crippen molar-refractivity contribution in [1.82, 2.24) is 9.80 Å². The van der Waals surface area contributed by atoms with Crippen molar-refractivity contribution in [2.24, 2.45) is 11.3 Å². The van der Waals surface area contributed by atoms with E-state index < -0.39 is 23.1 Å². The van der Waals surface area contributed by atoms with Gasteiger partial charge in [-0.3, -0.25) is 4.79 Å². The van der Waals surface area contributed by atoms with E-state index in [0.29, 0.717) is 23.6 Å². The van der Waals surface area contributed by atoms with Gasteiger partial charge in [0.1, 0.15) is 0 Å². The first kappa shape index (κ1) is 21.7. The summed E-state index contributed by atoms with van der Waals surface area (Å²) in [5.74, 6) is -1.25. The van der Waals surface area contributed by atoms with E-state index >= 15 is 0 Å². The summed E-state index contributed by atoms with van der Waals surface area (Å²) in [5.41, 5.74) is -0.962. The van der Waals surface area contributed by atoms with Crippen LogP contribution in [0, 0.1) is 11.3 Å². The monoisotopic (exact) mass is 450 g/mol. The fourth-order valence-corrected chi connectivity index (χ4v) is 6.86. The molecule has 2 unspecified atom stereocenters. The van der Waals surface area contributed by atoms with E-state index in [-0.39, 0.29) is 30.0 Å². The number of rotatable bonds is 2. The third-order valence-electron chi connectivity index (χ3n) is 8.62. The Morgan fingerprint density at radius 1 is 1.19 bits per heavy atom. The lowest BCUT2D eigenvalue weighted by atomic mass is 9.73. The van der Waals surface area contributed by atoms with Gasteiger partial charge in [0.15, 0.2) is 0 Å². The van der Waals surface area contributed by atoms with E-state index in [9.17, 15) is 27.9 Å². The molecule has 1 spiro atoms. The van der Waals surface area contributed by atoms with Gasteiger partial charge in [-0.15, -0.1) is 0 Å². The summed E-state index contributed by atoms with van der Waals surface area (Å²) in [7, 11) is 0. The van der Waals surface area contributed by atoms with E-state index in [2.05, 4.69) is 11.8 Å². The molecule has 8 heteroatoms. The Labute approximate surface area is 185 Å². The molecule has 1 saturated carbocycles. The summed E-state index contributed by atoms with van der Waals surface area (Å²) in [6.45, 7) is 4.29. The first-order valence-electron chi connectivity index (χ1n) is 11.6. The zero-order valence-corrected chi connectivity index (χ0v) is 18.2. The van der Waals surface area contributed by atoms with Crippen LogP contribution in [0.15, 0.2) is 12.1 Å². The number of carboxylic acid groups (broad SMARTS) is 1. The molecule has 3 aliphatic heterocycles. The number of nitrogens with zero attached hydrogens (tertiary/aromatic N) is 2.